The van der Waals surface area contributed by atoms with Crippen molar-refractivity contribution in [3.63, 3.8) is 0 Å². The maximum atomic E-state index is 3.44. The van der Waals surface area contributed by atoms with Crippen molar-refractivity contribution in [3.05, 3.63) is 0 Å². The Kier molecular flexibility index (Phi) is 7.97. The summed E-state index contributed by atoms with van der Waals surface area (Å²) in [6, 6.07) is 0. The van der Waals surface area contributed by atoms with Gasteiger partial charge in [0.25, 0.3) is 0 Å². The van der Waals surface area contributed by atoms with Crippen LogP contribution in [0.5, 0.6) is 0 Å². The van der Waals surface area contributed by atoms with Crippen molar-refractivity contribution in [1.82, 2.24) is 5.32 Å². The Balaban J connectivity index is 0.000000180. The minimum absolute atomic E-state index is 0.906. The van der Waals surface area contributed by atoms with Gasteiger partial charge in [0, 0.05) is 0 Å². The van der Waals surface area contributed by atoms with E-state index in [1.807, 2.05) is 0 Å². The van der Waals surface area contributed by atoms with Crippen LogP contribution < -0.4 is 5.32 Å². The lowest BCUT2D eigenvalue weighted by Gasteiger charge is -2.26. The van der Waals surface area contributed by atoms with Gasteiger partial charge < -0.3 is 5.32 Å². The zero-order valence-corrected chi connectivity index (χ0v) is 13.2. The third-order valence-corrected chi connectivity index (χ3v) is 5.10. The average molecular weight is 253 g/mol. The predicted octanol–water partition coefficient (Wildman–Crippen LogP) is 4.86. The molecule has 4 atom stereocenters. The first kappa shape index (κ1) is 16.0. The molecule has 1 aliphatic heterocycles. The molecule has 0 aromatic carbocycles. The molecule has 0 aromatic heterocycles. The van der Waals surface area contributed by atoms with E-state index in [0.29, 0.717) is 0 Å². The van der Waals surface area contributed by atoms with Crippen molar-refractivity contribution < 1.29 is 0 Å². The van der Waals surface area contributed by atoms with Crippen LogP contribution in [0.15, 0.2) is 0 Å². The van der Waals surface area contributed by atoms with Gasteiger partial charge in [-0.05, 0) is 43.2 Å². The first-order valence-electron chi connectivity index (χ1n) is 8.41. The molecule has 1 nitrogen and oxygen atoms in total. The predicted molar refractivity (Wildman–Crippen MR) is 81.8 cm³/mol. The van der Waals surface area contributed by atoms with Crippen LogP contribution >= 0.6 is 0 Å². The molecular formula is C17H35N. The summed E-state index contributed by atoms with van der Waals surface area (Å²) in [5, 5.41) is 3.44. The van der Waals surface area contributed by atoms with Crippen LogP contribution in [0.25, 0.3) is 0 Å². The zero-order valence-electron chi connectivity index (χ0n) is 13.2. The molecule has 1 heterocycles. The third-order valence-electron chi connectivity index (χ3n) is 5.10. The number of hydrogen-bond acceptors (Lipinski definition) is 1. The normalized spacial score (nSPS) is 36.0. The molecule has 2 rings (SSSR count). The van der Waals surface area contributed by atoms with Crippen LogP contribution in [0.1, 0.15) is 72.6 Å². The monoisotopic (exact) mass is 253 g/mol. The Bertz CT molecular complexity index is 192. The molecule has 4 unspecified atom stereocenters. The van der Waals surface area contributed by atoms with E-state index in [1.54, 1.807) is 0 Å². The van der Waals surface area contributed by atoms with Crippen molar-refractivity contribution in [2.24, 2.45) is 23.7 Å². The lowest BCUT2D eigenvalue weighted by Crippen LogP contribution is -2.34. The number of rotatable bonds is 3. The molecule has 1 saturated heterocycles. The molecule has 1 aliphatic carbocycles. The maximum absolute atomic E-state index is 3.44. The molecule has 1 N–H and O–H groups in total. The second-order valence-corrected chi connectivity index (χ2v) is 6.54. The van der Waals surface area contributed by atoms with Gasteiger partial charge in [-0.2, -0.15) is 0 Å². The lowest BCUT2D eigenvalue weighted by atomic mass is 9.90. The van der Waals surface area contributed by atoms with Crippen molar-refractivity contribution in [1.29, 1.82) is 0 Å². The van der Waals surface area contributed by atoms with Crippen LogP contribution in [-0.4, -0.2) is 13.1 Å². The molecule has 0 radical (unpaired) electrons. The van der Waals surface area contributed by atoms with Gasteiger partial charge in [0.2, 0.25) is 0 Å². The highest BCUT2D eigenvalue weighted by Gasteiger charge is 2.23. The maximum Gasteiger partial charge on any atom is -0.00204 e. The van der Waals surface area contributed by atoms with Gasteiger partial charge in [0.1, 0.15) is 0 Å². The molecule has 0 aromatic rings. The summed E-state index contributed by atoms with van der Waals surface area (Å²) in [4.78, 5) is 0. The van der Waals surface area contributed by atoms with Crippen molar-refractivity contribution in [2.75, 3.05) is 13.1 Å². The standard InChI is InChI=1S/C9H18.C8H17N/c1-3-8-6-5-7-9(8)4-2;1-3-8-4-7(2)5-9-6-8/h8-9H,3-7H2,1-2H3;7-9H,3-6H2,1-2H3. The Morgan fingerprint density at radius 1 is 0.889 bits per heavy atom. The molecule has 108 valence electrons. The molecule has 1 heteroatoms. The molecule has 1 saturated carbocycles. The van der Waals surface area contributed by atoms with Gasteiger partial charge in [-0.25, -0.2) is 0 Å². The van der Waals surface area contributed by atoms with Crippen molar-refractivity contribution in [3.8, 4) is 0 Å². The summed E-state index contributed by atoms with van der Waals surface area (Å²) >= 11 is 0. The number of hydrogen-bond donors (Lipinski definition) is 1. The Labute approximate surface area is 115 Å². The SMILES string of the molecule is CCC1CCCC1CC.CCC1CNCC(C)C1. The molecule has 18 heavy (non-hydrogen) atoms. The molecular weight excluding hydrogens is 218 g/mol. The molecule has 0 bridgehead atoms. The second-order valence-electron chi connectivity index (χ2n) is 6.54. The summed E-state index contributed by atoms with van der Waals surface area (Å²) in [6.45, 7) is 11.8. The van der Waals surface area contributed by atoms with E-state index in [0.717, 1.165) is 23.7 Å². The molecule has 0 amide bonds. The van der Waals surface area contributed by atoms with E-state index >= 15 is 0 Å². The fourth-order valence-electron chi connectivity index (χ4n) is 3.77. The van der Waals surface area contributed by atoms with E-state index in [1.165, 1.54) is 58.0 Å². The molecule has 2 fully saturated rings. The summed E-state index contributed by atoms with van der Waals surface area (Å²) in [5.41, 5.74) is 0. The van der Waals surface area contributed by atoms with Crippen molar-refractivity contribution in [2.45, 2.75) is 72.6 Å². The average Bonchev–Trinajstić information content (AvgIpc) is 2.86. The summed E-state index contributed by atoms with van der Waals surface area (Å²) in [7, 11) is 0. The van der Waals surface area contributed by atoms with Gasteiger partial charge in [0.15, 0.2) is 0 Å². The topological polar surface area (TPSA) is 12.0 Å². The highest BCUT2D eigenvalue weighted by atomic mass is 14.9. The smallest absolute Gasteiger partial charge is 0.00204 e. The Hall–Kier alpha value is -0.0400. The van der Waals surface area contributed by atoms with E-state index in [4.69, 9.17) is 0 Å². The van der Waals surface area contributed by atoms with E-state index in [-0.39, 0.29) is 0 Å². The minimum Gasteiger partial charge on any atom is -0.316 e. The first-order chi connectivity index (χ1) is 8.71. The van der Waals surface area contributed by atoms with Gasteiger partial charge in [-0.3, -0.25) is 0 Å². The first-order valence-corrected chi connectivity index (χ1v) is 8.41. The molecule has 0 spiro atoms. The lowest BCUT2D eigenvalue weighted by molar-refractivity contribution is 0.296. The zero-order chi connectivity index (χ0) is 13.4. The van der Waals surface area contributed by atoms with E-state index < -0.39 is 0 Å². The van der Waals surface area contributed by atoms with Crippen molar-refractivity contribution >= 4 is 0 Å². The van der Waals surface area contributed by atoms with Gasteiger partial charge >= 0.3 is 0 Å². The Morgan fingerprint density at radius 3 is 1.89 bits per heavy atom. The van der Waals surface area contributed by atoms with Gasteiger partial charge in [0.05, 0.1) is 0 Å². The summed E-state index contributed by atoms with van der Waals surface area (Å²) in [5.74, 6) is 4.02. The largest absolute Gasteiger partial charge is 0.316 e. The van der Waals surface area contributed by atoms with Gasteiger partial charge in [-0.15, -0.1) is 0 Å². The minimum atomic E-state index is 0.906. The van der Waals surface area contributed by atoms with Crippen LogP contribution in [0.4, 0.5) is 0 Å². The van der Waals surface area contributed by atoms with Gasteiger partial charge in [-0.1, -0.05) is 66.2 Å². The summed E-state index contributed by atoms with van der Waals surface area (Å²) < 4.78 is 0. The van der Waals surface area contributed by atoms with E-state index in [2.05, 4.69) is 33.0 Å². The number of nitrogens with one attached hydrogen (secondary N) is 1. The van der Waals surface area contributed by atoms with Crippen LogP contribution in [0.2, 0.25) is 0 Å². The highest BCUT2D eigenvalue weighted by molar-refractivity contribution is 4.74. The number of piperidine rings is 1. The van der Waals surface area contributed by atoms with Crippen LogP contribution in [-0.2, 0) is 0 Å². The summed E-state index contributed by atoms with van der Waals surface area (Å²) in [6.07, 6.45) is 10.1. The van der Waals surface area contributed by atoms with Crippen LogP contribution in [0.3, 0.4) is 0 Å². The third kappa shape index (κ3) is 5.30. The second kappa shape index (κ2) is 8.96. The van der Waals surface area contributed by atoms with E-state index in [9.17, 15) is 0 Å². The fraction of sp³-hybridized carbons (Fsp3) is 1.00. The highest BCUT2D eigenvalue weighted by Crippen LogP contribution is 2.35. The fourth-order valence-corrected chi connectivity index (χ4v) is 3.77. The molecule has 2 aliphatic rings. The van der Waals surface area contributed by atoms with Crippen LogP contribution in [0, 0.1) is 23.7 Å². The quantitative estimate of drug-likeness (QED) is 0.757. The Morgan fingerprint density at radius 2 is 1.50 bits per heavy atom.